The molecule has 3 rings (SSSR count). The SMILES string of the molecule is COc1cc(N(C)CC2CCCCC2)nc(C2CCOCC2)n1. The molecule has 5 heteroatoms. The highest BCUT2D eigenvalue weighted by Gasteiger charge is 2.22. The van der Waals surface area contributed by atoms with Crippen LogP contribution in [0.25, 0.3) is 0 Å². The monoisotopic (exact) mass is 319 g/mol. The van der Waals surface area contributed by atoms with E-state index in [4.69, 9.17) is 14.5 Å². The summed E-state index contributed by atoms with van der Waals surface area (Å²) in [4.78, 5) is 11.7. The minimum atomic E-state index is 0.390. The molecular formula is C18H29N3O2. The van der Waals surface area contributed by atoms with E-state index in [2.05, 4.69) is 16.9 Å². The predicted molar refractivity (Wildman–Crippen MR) is 91.2 cm³/mol. The number of rotatable bonds is 5. The van der Waals surface area contributed by atoms with Gasteiger partial charge in [0.1, 0.15) is 11.6 Å². The number of methoxy groups -OCH3 is 1. The molecule has 1 saturated carbocycles. The van der Waals surface area contributed by atoms with Gasteiger partial charge in [-0.25, -0.2) is 4.98 Å². The molecule has 0 N–H and O–H groups in total. The number of ether oxygens (including phenoxy) is 2. The lowest BCUT2D eigenvalue weighted by Gasteiger charge is -2.28. The summed E-state index contributed by atoms with van der Waals surface area (Å²) in [5.41, 5.74) is 0. The Morgan fingerprint density at radius 3 is 2.57 bits per heavy atom. The van der Waals surface area contributed by atoms with Crippen LogP contribution in [-0.2, 0) is 4.74 Å². The first-order chi connectivity index (χ1) is 11.3. The summed E-state index contributed by atoms with van der Waals surface area (Å²) in [6.07, 6.45) is 8.84. The second kappa shape index (κ2) is 7.95. The smallest absolute Gasteiger partial charge is 0.218 e. The highest BCUT2D eigenvalue weighted by Crippen LogP contribution is 2.29. The molecule has 5 nitrogen and oxygen atoms in total. The Labute approximate surface area is 139 Å². The minimum absolute atomic E-state index is 0.390. The van der Waals surface area contributed by atoms with Crippen LogP contribution in [-0.4, -0.2) is 43.9 Å². The Hall–Kier alpha value is -1.36. The van der Waals surface area contributed by atoms with Crippen molar-refractivity contribution >= 4 is 5.82 Å². The van der Waals surface area contributed by atoms with Crippen LogP contribution < -0.4 is 9.64 Å². The van der Waals surface area contributed by atoms with E-state index >= 15 is 0 Å². The van der Waals surface area contributed by atoms with E-state index in [-0.39, 0.29) is 0 Å². The van der Waals surface area contributed by atoms with Crippen molar-refractivity contribution in [1.82, 2.24) is 9.97 Å². The number of nitrogens with zero attached hydrogens (tertiary/aromatic N) is 3. The highest BCUT2D eigenvalue weighted by molar-refractivity contribution is 5.41. The van der Waals surface area contributed by atoms with Crippen molar-refractivity contribution in [3.8, 4) is 5.88 Å². The molecule has 23 heavy (non-hydrogen) atoms. The van der Waals surface area contributed by atoms with Gasteiger partial charge in [0.2, 0.25) is 5.88 Å². The lowest BCUT2D eigenvalue weighted by Crippen LogP contribution is -2.28. The van der Waals surface area contributed by atoms with Gasteiger partial charge < -0.3 is 14.4 Å². The first-order valence-corrected chi connectivity index (χ1v) is 8.98. The molecule has 0 bridgehead atoms. The number of anilines is 1. The van der Waals surface area contributed by atoms with Crippen LogP contribution in [0, 0.1) is 5.92 Å². The Morgan fingerprint density at radius 2 is 1.87 bits per heavy atom. The van der Waals surface area contributed by atoms with E-state index in [9.17, 15) is 0 Å². The number of aromatic nitrogens is 2. The molecule has 1 aromatic rings. The summed E-state index contributed by atoms with van der Waals surface area (Å²) >= 11 is 0. The second-order valence-corrected chi connectivity index (χ2v) is 6.90. The molecule has 1 aliphatic carbocycles. The van der Waals surface area contributed by atoms with Crippen molar-refractivity contribution < 1.29 is 9.47 Å². The van der Waals surface area contributed by atoms with Gasteiger partial charge in [-0.1, -0.05) is 19.3 Å². The van der Waals surface area contributed by atoms with Gasteiger partial charge >= 0.3 is 0 Å². The molecule has 1 aliphatic heterocycles. The molecule has 128 valence electrons. The van der Waals surface area contributed by atoms with Gasteiger partial charge in [0, 0.05) is 38.8 Å². The third-order valence-electron chi connectivity index (χ3n) is 5.15. The molecule has 0 aromatic carbocycles. The molecule has 0 atom stereocenters. The van der Waals surface area contributed by atoms with E-state index in [1.165, 1.54) is 32.1 Å². The lowest BCUT2D eigenvalue weighted by atomic mass is 9.89. The average molecular weight is 319 g/mol. The maximum absolute atomic E-state index is 5.46. The summed E-state index contributed by atoms with van der Waals surface area (Å²) in [6.45, 7) is 2.68. The van der Waals surface area contributed by atoms with Gasteiger partial charge in [0.25, 0.3) is 0 Å². The summed E-state index contributed by atoms with van der Waals surface area (Å²) < 4.78 is 10.9. The number of hydrogen-bond donors (Lipinski definition) is 0. The number of hydrogen-bond acceptors (Lipinski definition) is 5. The zero-order valence-electron chi connectivity index (χ0n) is 14.5. The van der Waals surface area contributed by atoms with Crippen molar-refractivity contribution in [3.63, 3.8) is 0 Å². The fourth-order valence-corrected chi connectivity index (χ4v) is 3.72. The predicted octanol–water partition coefficient (Wildman–Crippen LogP) is 3.40. The van der Waals surface area contributed by atoms with Crippen LogP contribution in [0.4, 0.5) is 5.82 Å². The zero-order valence-corrected chi connectivity index (χ0v) is 14.5. The average Bonchev–Trinajstić information content (AvgIpc) is 2.63. The first-order valence-electron chi connectivity index (χ1n) is 8.98. The summed E-state index contributed by atoms with van der Waals surface area (Å²) in [7, 11) is 3.82. The topological polar surface area (TPSA) is 47.5 Å². The highest BCUT2D eigenvalue weighted by atomic mass is 16.5. The third-order valence-corrected chi connectivity index (χ3v) is 5.15. The van der Waals surface area contributed by atoms with Crippen LogP contribution >= 0.6 is 0 Å². The Balaban J connectivity index is 1.74. The van der Waals surface area contributed by atoms with E-state index < -0.39 is 0 Å². The molecular weight excluding hydrogens is 290 g/mol. The normalized spacial score (nSPS) is 20.4. The molecule has 2 heterocycles. The van der Waals surface area contributed by atoms with Crippen molar-refractivity contribution in [2.45, 2.75) is 50.9 Å². The largest absolute Gasteiger partial charge is 0.481 e. The molecule has 0 unspecified atom stereocenters. The standard InChI is InChI=1S/C18H29N3O2/c1-21(13-14-6-4-3-5-7-14)16-12-17(22-2)20-18(19-16)15-8-10-23-11-9-15/h12,14-15H,3-11,13H2,1-2H3. The molecule has 1 saturated heterocycles. The van der Waals surface area contributed by atoms with Gasteiger partial charge in [-0.3, -0.25) is 0 Å². The Bertz CT molecular complexity index is 497. The summed E-state index contributed by atoms with van der Waals surface area (Å²) in [6, 6.07) is 1.96. The maximum atomic E-state index is 5.46. The van der Waals surface area contributed by atoms with Crippen molar-refractivity contribution in [1.29, 1.82) is 0 Å². The van der Waals surface area contributed by atoms with Crippen LogP contribution in [0.1, 0.15) is 56.7 Å². The van der Waals surface area contributed by atoms with E-state index in [1.807, 2.05) is 6.07 Å². The molecule has 0 amide bonds. The van der Waals surface area contributed by atoms with Gasteiger partial charge in [-0.2, -0.15) is 4.98 Å². The van der Waals surface area contributed by atoms with E-state index in [0.29, 0.717) is 11.8 Å². The molecule has 0 spiro atoms. The fraction of sp³-hybridized carbons (Fsp3) is 0.778. The zero-order chi connectivity index (χ0) is 16.1. The summed E-state index contributed by atoms with van der Waals surface area (Å²) in [5.74, 6) is 3.76. The van der Waals surface area contributed by atoms with Crippen molar-refractivity contribution in [3.05, 3.63) is 11.9 Å². The van der Waals surface area contributed by atoms with Crippen LogP contribution in [0.2, 0.25) is 0 Å². The van der Waals surface area contributed by atoms with E-state index in [1.54, 1.807) is 7.11 Å². The molecule has 1 aromatic heterocycles. The maximum Gasteiger partial charge on any atom is 0.218 e. The van der Waals surface area contributed by atoms with Gasteiger partial charge in [-0.05, 0) is 31.6 Å². The third kappa shape index (κ3) is 4.34. The fourth-order valence-electron chi connectivity index (χ4n) is 3.72. The minimum Gasteiger partial charge on any atom is -0.481 e. The lowest BCUT2D eigenvalue weighted by molar-refractivity contribution is 0.0834. The Morgan fingerprint density at radius 1 is 1.13 bits per heavy atom. The van der Waals surface area contributed by atoms with Crippen LogP contribution in [0.5, 0.6) is 5.88 Å². The molecule has 2 aliphatic rings. The summed E-state index contributed by atoms with van der Waals surface area (Å²) in [5, 5.41) is 0. The Kier molecular flexibility index (Phi) is 5.70. The second-order valence-electron chi connectivity index (χ2n) is 6.90. The molecule has 0 radical (unpaired) electrons. The van der Waals surface area contributed by atoms with Gasteiger partial charge in [0.05, 0.1) is 7.11 Å². The first kappa shape index (κ1) is 16.5. The van der Waals surface area contributed by atoms with E-state index in [0.717, 1.165) is 50.2 Å². The van der Waals surface area contributed by atoms with Crippen molar-refractivity contribution in [2.75, 3.05) is 38.8 Å². The molecule has 2 fully saturated rings. The van der Waals surface area contributed by atoms with Crippen LogP contribution in [0.15, 0.2) is 6.07 Å². The quantitative estimate of drug-likeness (QED) is 0.832. The van der Waals surface area contributed by atoms with Crippen LogP contribution in [0.3, 0.4) is 0 Å². The van der Waals surface area contributed by atoms with Crippen molar-refractivity contribution in [2.24, 2.45) is 5.92 Å². The van der Waals surface area contributed by atoms with Gasteiger partial charge in [-0.15, -0.1) is 0 Å². The van der Waals surface area contributed by atoms with Gasteiger partial charge in [0.15, 0.2) is 0 Å².